The minimum absolute atomic E-state index is 0.0277. The van der Waals surface area contributed by atoms with Gasteiger partial charge >= 0.3 is 0 Å². The first-order valence-corrected chi connectivity index (χ1v) is 12.9. The third kappa shape index (κ3) is 4.64. The summed E-state index contributed by atoms with van der Waals surface area (Å²) in [5, 5.41) is 3.55. The van der Waals surface area contributed by atoms with E-state index in [2.05, 4.69) is 35.1 Å². The monoisotopic (exact) mass is 560 g/mol. The first kappa shape index (κ1) is 25.1. The molecular weight excluding hydrogens is 532 g/mol. The second kappa shape index (κ2) is 9.71. The van der Waals surface area contributed by atoms with E-state index in [1.54, 1.807) is 31.3 Å². The topological polar surface area (TPSA) is 67.9 Å². The van der Waals surface area contributed by atoms with Crippen LogP contribution in [0.5, 0.6) is 11.5 Å². The predicted octanol–water partition coefficient (Wildman–Crippen LogP) is 6.92. The molecule has 0 fully saturated rings. The third-order valence-electron chi connectivity index (χ3n) is 6.93. The van der Waals surface area contributed by atoms with E-state index in [-0.39, 0.29) is 17.1 Å². The van der Waals surface area contributed by atoms with Crippen molar-refractivity contribution in [2.45, 2.75) is 32.7 Å². The van der Waals surface area contributed by atoms with E-state index < -0.39 is 6.04 Å². The molecule has 0 radical (unpaired) electrons. The summed E-state index contributed by atoms with van der Waals surface area (Å²) in [4.78, 5) is 29.9. The number of para-hydroxylation sites is 2. The van der Waals surface area contributed by atoms with Crippen LogP contribution in [0.15, 0.2) is 82.5 Å². The van der Waals surface area contributed by atoms with Gasteiger partial charge in [0.15, 0.2) is 17.3 Å². The molecule has 1 aliphatic carbocycles. The van der Waals surface area contributed by atoms with Crippen molar-refractivity contribution < 1.29 is 19.1 Å². The summed E-state index contributed by atoms with van der Waals surface area (Å²) < 4.78 is 12.0. The number of fused-ring (bicyclic) bond motifs is 1. The number of rotatable bonds is 4. The number of nitrogens with zero attached hydrogens (tertiary/aromatic N) is 1. The number of anilines is 2. The Hall–Kier alpha value is -3.58. The maximum Gasteiger partial charge on any atom is 0.259 e. The van der Waals surface area contributed by atoms with E-state index in [4.69, 9.17) is 9.47 Å². The van der Waals surface area contributed by atoms with Gasteiger partial charge in [0, 0.05) is 27.7 Å². The van der Waals surface area contributed by atoms with Gasteiger partial charge < -0.3 is 14.8 Å². The summed E-state index contributed by atoms with van der Waals surface area (Å²) in [5.74, 6) is 0.939. The lowest BCUT2D eigenvalue weighted by atomic mass is 9.73. The van der Waals surface area contributed by atoms with Gasteiger partial charge in [0.05, 0.1) is 31.6 Å². The Bertz CT molecular complexity index is 1410. The molecule has 3 aromatic rings. The standard InChI is InChI=1S/C30H29BrN2O4/c1-30(2)16-22-27(24(34)17-30)28(19-11-14-25(36-3)26(15-19)37-4)33(23-8-6-5-7-21(23)32-22)29(35)18-9-12-20(31)13-10-18/h5-15,28,32H,16-17H2,1-4H3/t28-/m0/s1. The molecule has 0 saturated heterocycles. The summed E-state index contributed by atoms with van der Waals surface area (Å²) in [5.41, 5.74) is 4.03. The Labute approximate surface area is 225 Å². The molecule has 0 aromatic heterocycles. The first-order chi connectivity index (χ1) is 17.7. The average Bonchev–Trinajstić information content (AvgIpc) is 3.02. The zero-order valence-corrected chi connectivity index (χ0v) is 22.9. The van der Waals surface area contributed by atoms with Gasteiger partial charge in [-0.15, -0.1) is 0 Å². The second-order valence-corrected chi connectivity index (χ2v) is 11.1. The Morgan fingerprint density at radius 2 is 1.68 bits per heavy atom. The van der Waals surface area contributed by atoms with Crippen molar-refractivity contribution in [2.24, 2.45) is 5.41 Å². The molecule has 1 amide bonds. The summed E-state index contributed by atoms with van der Waals surface area (Å²) in [7, 11) is 3.16. The van der Waals surface area contributed by atoms with E-state index in [1.165, 1.54) is 0 Å². The number of hydrogen-bond acceptors (Lipinski definition) is 5. The van der Waals surface area contributed by atoms with E-state index in [0.717, 1.165) is 21.4 Å². The highest BCUT2D eigenvalue weighted by Gasteiger charge is 2.43. The van der Waals surface area contributed by atoms with Crippen LogP contribution in [0.3, 0.4) is 0 Å². The van der Waals surface area contributed by atoms with Crippen LogP contribution >= 0.6 is 15.9 Å². The van der Waals surface area contributed by atoms with Crippen LogP contribution in [0.1, 0.15) is 48.7 Å². The second-order valence-electron chi connectivity index (χ2n) is 10.2. The molecule has 190 valence electrons. The largest absolute Gasteiger partial charge is 0.493 e. The van der Waals surface area contributed by atoms with Crippen LogP contribution in [-0.4, -0.2) is 25.9 Å². The van der Waals surface area contributed by atoms with Gasteiger partial charge in [0.2, 0.25) is 0 Å². The highest BCUT2D eigenvalue weighted by atomic mass is 79.9. The lowest BCUT2D eigenvalue weighted by molar-refractivity contribution is -0.118. The van der Waals surface area contributed by atoms with Crippen LogP contribution in [0.2, 0.25) is 0 Å². The maximum atomic E-state index is 14.3. The Morgan fingerprint density at radius 1 is 0.973 bits per heavy atom. The molecule has 7 heteroatoms. The number of ketones is 1. The first-order valence-electron chi connectivity index (χ1n) is 12.2. The molecule has 0 saturated carbocycles. The summed E-state index contributed by atoms with van der Waals surface area (Å²) in [6, 6.07) is 19.9. The number of benzene rings is 3. The Kier molecular flexibility index (Phi) is 6.58. The molecule has 0 spiro atoms. The Morgan fingerprint density at radius 3 is 2.38 bits per heavy atom. The number of hydrogen-bond donors (Lipinski definition) is 1. The van der Waals surface area contributed by atoms with E-state index in [1.807, 2.05) is 54.6 Å². The molecule has 1 atom stereocenters. The maximum absolute atomic E-state index is 14.3. The fraction of sp³-hybridized carbons (Fsp3) is 0.267. The smallest absolute Gasteiger partial charge is 0.259 e. The SMILES string of the molecule is COc1ccc([C@H]2C3=C(CC(C)(C)CC3=O)Nc3ccccc3N2C(=O)c2ccc(Br)cc2)cc1OC. The minimum atomic E-state index is -0.661. The lowest BCUT2D eigenvalue weighted by Crippen LogP contribution is -2.39. The van der Waals surface area contributed by atoms with E-state index in [9.17, 15) is 9.59 Å². The highest BCUT2D eigenvalue weighted by Crippen LogP contribution is 2.49. The number of methoxy groups -OCH3 is 2. The Balaban J connectivity index is 1.80. The van der Waals surface area contributed by atoms with Crippen molar-refractivity contribution in [1.82, 2.24) is 0 Å². The number of carbonyl (C=O) groups excluding carboxylic acids is 2. The van der Waals surface area contributed by atoms with E-state index >= 15 is 0 Å². The van der Waals surface area contributed by atoms with Crippen molar-refractivity contribution in [3.8, 4) is 11.5 Å². The fourth-order valence-corrected chi connectivity index (χ4v) is 5.54. The van der Waals surface area contributed by atoms with Gasteiger partial charge in [-0.25, -0.2) is 0 Å². The van der Waals surface area contributed by atoms with Crippen LogP contribution in [-0.2, 0) is 4.79 Å². The van der Waals surface area contributed by atoms with Gasteiger partial charge in [-0.3, -0.25) is 14.5 Å². The number of nitrogens with one attached hydrogen (secondary N) is 1. The number of amides is 1. The number of ether oxygens (including phenoxy) is 2. The van der Waals surface area contributed by atoms with Gasteiger partial charge in [-0.1, -0.05) is 48.0 Å². The van der Waals surface area contributed by atoms with Gasteiger partial charge in [-0.05, 0) is 65.9 Å². The number of carbonyl (C=O) groups is 2. The number of Topliss-reactive ketones (excluding diaryl/α,β-unsaturated/α-hetero) is 1. The van der Waals surface area contributed by atoms with Crippen molar-refractivity contribution in [1.29, 1.82) is 0 Å². The minimum Gasteiger partial charge on any atom is -0.493 e. The molecule has 2 aliphatic rings. The summed E-state index contributed by atoms with van der Waals surface area (Å²) in [6.45, 7) is 4.20. The average molecular weight is 561 g/mol. The molecule has 0 unspecified atom stereocenters. The van der Waals surface area contributed by atoms with Crippen molar-refractivity contribution >= 4 is 39.0 Å². The number of allylic oxidation sites excluding steroid dienone is 1. The molecule has 3 aromatic carbocycles. The summed E-state index contributed by atoms with van der Waals surface area (Å²) in [6.07, 6.45) is 1.08. The van der Waals surface area contributed by atoms with Crippen molar-refractivity contribution in [3.63, 3.8) is 0 Å². The molecule has 1 heterocycles. The zero-order chi connectivity index (χ0) is 26.3. The molecule has 0 bridgehead atoms. The van der Waals surface area contributed by atoms with Crippen LogP contribution in [0.25, 0.3) is 0 Å². The number of halogens is 1. The molecule has 1 aliphatic heterocycles. The quantitative estimate of drug-likeness (QED) is 0.375. The van der Waals surface area contributed by atoms with Gasteiger partial charge in [-0.2, -0.15) is 0 Å². The predicted molar refractivity (Wildman–Crippen MR) is 148 cm³/mol. The lowest BCUT2D eigenvalue weighted by Gasteiger charge is -2.37. The molecule has 5 rings (SSSR count). The van der Waals surface area contributed by atoms with Gasteiger partial charge in [0.25, 0.3) is 5.91 Å². The van der Waals surface area contributed by atoms with Crippen molar-refractivity contribution in [3.05, 3.63) is 93.6 Å². The highest BCUT2D eigenvalue weighted by molar-refractivity contribution is 9.10. The molecular formula is C30H29BrN2O4. The fourth-order valence-electron chi connectivity index (χ4n) is 5.28. The zero-order valence-electron chi connectivity index (χ0n) is 21.3. The van der Waals surface area contributed by atoms with Crippen LogP contribution in [0, 0.1) is 5.41 Å². The van der Waals surface area contributed by atoms with Gasteiger partial charge in [0.1, 0.15) is 0 Å². The van der Waals surface area contributed by atoms with Crippen LogP contribution < -0.4 is 19.7 Å². The molecule has 6 nitrogen and oxygen atoms in total. The van der Waals surface area contributed by atoms with E-state index in [0.29, 0.717) is 41.2 Å². The normalized spacial score (nSPS) is 18.4. The summed E-state index contributed by atoms with van der Waals surface area (Å²) >= 11 is 3.46. The van der Waals surface area contributed by atoms with Crippen LogP contribution in [0.4, 0.5) is 11.4 Å². The molecule has 1 N–H and O–H groups in total. The third-order valence-corrected chi connectivity index (χ3v) is 7.46. The molecule has 37 heavy (non-hydrogen) atoms. The van der Waals surface area contributed by atoms with Crippen molar-refractivity contribution in [2.75, 3.05) is 24.4 Å².